The predicted octanol–water partition coefficient (Wildman–Crippen LogP) is 5.80. The van der Waals surface area contributed by atoms with Crippen LogP contribution in [0.25, 0.3) is 21.7 Å². The first-order valence-corrected chi connectivity index (χ1v) is 11.8. The molecule has 0 radical (unpaired) electrons. The number of carbonyl (C=O) groups is 1. The van der Waals surface area contributed by atoms with E-state index < -0.39 is 16.0 Å². The van der Waals surface area contributed by atoms with Gasteiger partial charge in [-0.25, -0.2) is 13.2 Å². The van der Waals surface area contributed by atoms with Crippen molar-refractivity contribution in [1.82, 2.24) is 0 Å². The van der Waals surface area contributed by atoms with Gasteiger partial charge in [0.2, 0.25) is 0 Å². The first-order valence-electron chi connectivity index (χ1n) is 10.4. The fraction of sp³-hybridized carbons (Fsp3) is 0.240. The molecule has 0 atom stereocenters. The molecule has 0 saturated carbocycles. The lowest BCUT2D eigenvalue weighted by atomic mass is 10.0. The monoisotopic (exact) mass is 451 g/mol. The molecule has 0 bridgehead atoms. The number of furan rings is 1. The van der Waals surface area contributed by atoms with E-state index in [9.17, 15) is 13.2 Å². The maximum atomic E-state index is 13.4. The highest BCUT2D eigenvalue weighted by atomic mass is 32.2. The number of hydrogen-bond donors (Lipinski definition) is 1. The van der Waals surface area contributed by atoms with Crippen molar-refractivity contribution in [3.8, 4) is 0 Å². The van der Waals surface area contributed by atoms with Gasteiger partial charge in [-0.15, -0.1) is 0 Å². The summed E-state index contributed by atoms with van der Waals surface area (Å²) in [6.45, 7) is 9.27. The molecule has 0 aliphatic rings. The van der Waals surface area contributed by atoms with Crippen LogP contribution in [0.2, 0.25) is 0 Å². The number of aryl methyl sites for hydroxylation is 4. The zero-order valence-electron chi connectivity index (χ0n) is 18.7. The highest BCUT2D eigenvalue weighted by Crippen LogP contribution is 2.38. The third kappa shape index (κ3) is 3.62. The smallest absolute Gasteiger partial charge is 0.342 e. The minimum absolute atomic E-state index is 0.221. The summed E-state index contributed by atoms with van der Waals surface area (Å²) < 4.78 is 40.6. The predicted molar refractivity (Wildman–Crippen MR) is 126 cm³/mol. The molecular weight excluding hydrogens is 426 g/mol. The highest BCUT2D eigenvalue weighted by Gasteiger charge is 2.24. The number of rotatable bonds is 5. The minimum atomic E-state index is -3.88. The number of anilines is 1. The fourth-order valence-electron chi connectivity index (χ4n) is 4.00. The maximum absolute atomic E-state index is 13.4. The number of sulfonamides is 1. The molecule has 0 aliphatic carbocycles. The second-order valence-electron chi connectivity index (χ2n) is 7.91. The molecule has 0 spiro atoms. The number of nitrogens with one attached hydrogen (secondary N) is 1. The molecule has 4 aromatic rings. The standard InChI is InChI=1S/C25H25NO5S/c1-6-30-25(27)23-17(5)31-24-19-10-8-7-9-18(19)21(13-20(23)24)26-32(28,29)22-12-15(3)14(2)11-16(22)4/h7-13,26H,6H2,1-5H3. The molecule has 1 heterocycles. The van der Waals surface area contributed by atoms with Crippen LogP contribution in [0.1, 0.15) is 39.7 Å². The second kappa shape index (κ2) is 7.98. The number of ether oxygens (including phenoxy) is 1. The number of carbonyl (C=O) groups excluding carboxylic acids is 1. The Morgan fingerprint density at radius 2 is 1.59 bits per heavy atom. The van der Waals surface area contributed by atoms with Crippen LogP contribution in [0.15, 0.2) is 51.8 Å². The van der Waals surface area contributed by atoms with Crippen LogP contribution in [-0.2, 0) is 14.8 Å². The number of fused-ring (bicyclic) bond motifs is 3. The zero-order chi connectivity index (χ0) is 23.2. The summed E-state index contributed by atoms with van der Waals surface area (Å²) in [6, 6.07) is 12.5. The van der Waals surface area contributed by atoms with Gasteiger partial charge in [0.1, 0.15) is 16.9 Å². The van der Waals surface area contributed by atoms with Crippen molar-refractivity contribution in [2.75, 3.05) is 11.3 Å². The van der Waals surface area contributed by atoms with Crippen LogP contribution >= 0.6 is 0 Å². The van der Waals surface area contributed by atoms with Crippen LogP contribution in [-0.4, -0.2) is 21.0 Å². The van der Waals surface area contributed by atoms with E-state index in [0.717, 1.165) is 11.1 Å². The van der Waals surface area contributed by atoms with E-state index in [1.54, 1.807) is 32.9 Å². The molecular formula is C25H25NO5S. The van der Waals surface area contributed by atoms with Crippen LogP contribution in [0, 0.1) is 27.7 Å². The summed E-state index contributed by atoms with van der Waals surface area (Å²) in [6.07, 6.45) is 0. The van der Waals surface area contributed by atoms with Gasteiger partial charge in [0.25, 0.3) is 10.0 Å². The largest absolute Gasteiger partial charge is 0.462 e. The molecule has 166 valence electrons. The Labute approximate surface area is 187 Å². The number of benzene rings is 3. The average molecular weight is 452 g/mol. The van der Waals surface area contributed by atoms with Gasteiger partial charge >= 0.3 is 5.97 Å². The topological polar surface area (TPSA) is 85.6 Å². The summed E-state index contributed by atoms with van der Waals surface area (Å²) in [5.74, 6) is -0.0774. The third-order valence-corrected chi connectivity index (χ3v) is 7.18. The van der Waals surface area contributed by atoms with Crippen LogP contribution in [0.3, 0.4) is 0 Å². The fourth-order valence-corrected chi connectivity index (χ4v) is 5.39. The summed E-state index contributed by atoms with van der Waals surface area (Å²) in [5, 5.41) is 1.89. The van der Waals surface area contributed by atoms with Crippen molar-refractivity contribution >= 4 is 43.4 Å². The van der Waals surface area contributed by atoms with E-state index in [1.165, 1.54) is 0 Å². The number of hydrogen-bond acceptors (Lipinski definition) is 5. The molecule has 7 heteroatoms. The molecule has 0 unspecified atom stereocenters. The van der Waals surface area contributed by atoms with Gasteiger partial charge in [-0.05, 0) is 63.4 Å². The normalized spacial score (nSPS) is 11.8. The van der Waals surface area contributed by atoms with Gasteiger partial charge in [-0.3, -0.25) is 4.72 Å². The summed E-state index contributed by atoms with van der Waals surface area (Å²) in [5.41, 5.74) is 3.78. The number of esters is 1. The van der Waals surface area contributed by atoms with E-state index >= 15 is 0 Å². The quantitative estimate of drug-likeness (QED) is 0.388. The Balaban J connectivity index is 1.95. The van der Waals surface area contributed by atoms with Gasteiger partial charge in [-0.1, -0.05) is 30.3 Å². The first kappa shape index (κ1) is 21.9. The zero-order valence-corrected chi connectivity index (χ0v) is 19.5. The van der Waals surface area contributed by atoms with Gasteiger partial charge < -0.3 is 9.15 Å². The van der Waals surface area contributed by atoms with Gasteiger partial charge in [0.05, 0.1) is 17.2 Å². The third-order valence-electron chi connectivity index (χ3n) is 5.68. The molecule has 1 N–H and O–H groups in total. The SMILES string of the molecule is CCOC(=O)c1c(C)oc2c1cc(NS(=O)(=O)c1cc(C)c(C)cc1C)c1ccccc12. The van der Waals surface area contributed by atoms with Crippen molar-refractivity contribution < 1.29 is 22.4 Å². The molecule has 3 aromatic carbocycles. The van der Waals surface area contributed by atoms with Crippen molar-refractivity contribution in [1.29, 1.82) is 0 Å². The van der Waals surface area contributed by atoms with E-state index in [-0.39, 0.29) is 11.5 Å². The average Bonchev–Trinajstić information content (AvgIpc) is 3.06. The lowest BCUT2D eigenvalue weighted by Gasteiger charge is -2.14. The second-order valence-corrected chi connectivity index (χ2v) is 9.56. The first-order chi connectivity index (χ1) is 15.1. The van der Waals surface area contributed by atoms with E-state index in [1.807, 2.05) is 44.2 Å². The lowest BCUT2D eigenvalue weighted by molar-refractivity contribution is 0.0526. The molecule has 4 rings (SSSR count). The van der Waals surface area contributed by atoms with Crippen molar-refractivity contribution in [3.63, 3.8) is 0 Å². The van der Waals surface area contributed by atoms with Gasteiger partial charge in [0.15, 0.2) is 0 Å². The summed E-state index contributed by atoms with van der Waals surface area (Å²) in [7, 11) is -3.88. The molecule has 0 saturated heterocycles. The highest BCUT2D eigenvalue weighted by molar-refractivity contribution is 7.92. The van der Waals surface area contributed by atoms with Crippen molar-refractivity contribution in [3.05, 3.63) is 70.5 Å². The molecule has 6 nitrogen and oxygen atoms in total. The van der Waals surface area contributed by atoms with Gasteiger partial charge in [0, 0.05) is 16.2 Å². The Hall–Kier alpha value is -3.32. The van der Waals surface area contributed by atoms with Crippen molar-refractivity contribution in [2.24, 2.45) is 0 Å². The van der Waals surface area contributed by atoms with E-state index in [0.29, 0.717) is 44.3 Å². The van der Waals surface area contributed by atoms with E-state index in [2.05, 4.69) is 4.72 Å². The Bertz CT molecular complexity index is 1480. The lowest BCUT2D eigenvalue weighted by Crippen LogP contribution is -2.15. The summed E-state index contributed by atoms with van der Waals surface area (Å²) in [4.78, 5) is 12.8. The maximum Gasteiger partial charge on any atom is 0.342 e. The van der Waals surface area contributed by atoms with Crippen LogP contribution in [0.5, 0.6) is 0 Å². The summed E-state index contributed by atoms with van der Waals surface area (Å²) >= 11 is 0. The Morgan fingerprint density at radius 3 is 2.28 bits per heavy atom. The molecule has 32 heavy (non-hydrogen) atoms. The molecule has 1 aromatic heterocycles. The van der Waals surface area contributed by atoms with Gasteiger partial charge in [-0.2, -0.15) is 0 Å². The molecule has 0 amide bonds. The van der Waals surface area contributed by atoms with Crippen LogP contribution < -0.4 is 4.72 Å². The van der Waals surface area contributed by atoms with Crippen LogP contribution in [0.4, 0.5) is 5.69 Å². The van der Waals surface area contributed by atoms with Crippen molar-refractivity contribution in [2.45, 2.75) is 39.5 Å². The molecule has 0 fully saturated rings. The Morgan fingerprint density at radius 1 is 0.938 bits per heavy atom. The Kier molecular flexibility index (Phi) is 5.46. The molecule has 0 aliphatic heterocycles. The van der Waals surface area contributed by atoms with E-state index in [4.69, 9.17) is 9.15 Å². The minimum Gasteiger partial charge on any atom is -0.462 e.